The van der Waals surface area contributed by atoms with E-state index in [1.165, 1.54) is 12.1 Å². The van der Waals surface area contributed by atoms with Crippen LogP contribution < -0.4 is 10.8 Å². The van der Waals surface area contributed by atoms with Crippen molar-refractivity contribution in [3.8, 4) is 11.1 Å². The van der Waals surface area contributed by atoms with Gasteiger partial charge in [-0.1, -0.05) is 66.7 Å². The number of hydrogen-bond acceptors (Lipinski definition) is 3. The minimum absolute atomic E-state index is 0.207. The van der Waals surface area contributed by atoms with Crippen LogP contribution in [0.5, 0.6) is 0 Å². The van der Waals surface area contributed by atoms with Gasteiger partial charge >= 0.3 is 0 Å². The second-order valence-corrected chi connectivity index (χ2v) is 7.67. The molecule has 2 amide bonds. The lowest BCUT2D eigenvalue weighted by Gasteiger charge is -2.09. The van der Waals surface area contributed by atoms with Gasteiger partial charge in [-0.05, 0) is 58.7 Å². The van der Waals surface area contributed by atoms with Gasteiger partial charge in [-0.2, -0.15) is 0 Å². The summed E-state index contributed by atoms with van der Waals surface area (Å²) in [5, 5.41) is 2.87. The van der Waals surface area contributed by atoms with Crippen molar-refractivity contribution in [1.82, 2.24) is 10.8 Å². The molecule has 0 spiro atoms. The molecule has 0 aliphatic rings. The molecular weight excluding hydrogens is 431 g/mol. The average Bonchev–Trinajstić information content (AvgIpc) is 2.89. The van der Waals surface area contributed by atoms with Crippen LogP contribution in [-0.4, -0.2) is 11.8 Å². The Morgan fingerprint density at radius 3 is 1.85 bits per heavy atom. The molecule has 0 bridgehead atoms. The third-order valence-electron chi connectivity index (χ3n) is 5.24. The van der Waals surface area contributed by atoms with Crippen LogP contribution in [0.2, 0.25) is 0 Å². The molecular formula is C28H23FN2O3. The van der Waals surface area contributed by atoms with E-state index in [0.29, 0.717) is 17.7 Å². The van der Waals surface area contributed by atoms with E-state index in [4.69, 9.17) is 4.84 Å². The van der Waals surface area contributed by atoms with Crippen molar-refractivity contribution in [2.45, 2.75) is 13.2 Å². The Bertz CT molecular complexity index is 1240. The first kappa shape index (κ1) is 22.9. The molecule has 2 N–H and O–H groups in total. The highest BCUT2D eigenvalue weighted by atomic mass is 19.1. The molecule has 0 saturated heterocycles. The van der Waals surface area contributed by atoms with E-state index < -0.39 is 0 Å². The number of hydroxylamine groups is 1. The van der Waals surface area contributed by atoms with E-state index in [1.807, 2.05) is 42.5 Å². The first-order chi connectivity index (χ1) is 16.6. The Labute approximate surface area is 197 Å². The van der Waals surface area contributed by atoms with Crippen molar-refractivity contribution in [2.24, 2.45) is 0 Å². The van der Waals surface area contributed by atoms with Gasteiger partial charge < -0.3 is 5.32 Å². The van der Waals surface area contributed by atoms with Crippen LogP contribution >= 0.6 is 0 Å². The molecule has 0 aliphatic carbocycles. The van der Waals surface area contributed by atoms with Gasteiger partial charge in [0.05, 0.1) is 6.61 Å². The highest BCUT2D eigenvalue weighted by molar-refractivity contribution is 5.95. The van der Waals surface area contributed by atoms with E-state index in [2.05, 4.69) is 10.8 Å². The summed E-state index contributed by atoms with van der Waals surface area (Å²) in [5.41, 5.74) is 7.01. The van der Waals surface area contributed by atoms with Gasteiger partial charge in [-0.15, -0.1) is 0 Å². The van der Waals surface area contributed by atoms with Gasteiger partial charge in [0, 0.05) is 17.7 Å². The van der Waals surface area contributed by atoms with Crippen molar-refractivity contribution in [3.63, 3.8) is 0 Å². The van der Waals surface area contributed by atoms with E-state index in [-0.39, 0.29) is 24.2 Å². The molecule has 0 unspecified atom stereocenters. The zero-order valence-corrected chi connectivity index (χ0v) is 18.3. The second kappa shape index (κ2) is 11.0. The Hall–Kier alpha value is -4.29. The highest BCUT2D eigenvalue weighted by Gasteiger charge is 2.08. The first-order valence-electron chi connectivity index (χ1n) is 10.8. The average molecular weight is 455 g/mol. The number of carbonyl (C=O) groups excluding carboxylic acids is 2. The molecule has 0 atom stereocenters. The Balaban J connectivity index is 1.26. The molecule has 0 aromatic heterocycles. The van der Waals surface area contributed by atoms with Crippen molar-refractivity contribution in [2.75, 3.05) is 0 Å². The number of halogens is 1. The Kier molecular flexibility index (Phi) is 7.42. The number of carbonyl (C=O) groups is 2. The monoisotopic (exact) mass is 454 g/mol. The van der Waals surface area contributed by atoms with E-state index in [1.54, 1.807) is 48.5 Å². The van der Waals surface area contributed by atoms with Crippen molar-refractivity contribution >= 4 is 11.8 Å². The fraction of sp³-hybridized carbons (Fsp3) is 0.0714. The van der Waals surface area contributed by atoms with Gasteiger partial charge in [-0.25, -0.2) is 9.87 Å². The maximum absolute atomic E-state index is 13.1. The summed E-state index contributed by atoms with van der Waals surface area (Å²) in [6, 6.07) is 29.8. The lowest BCUT2D eigenvalue weighted by molar-refractivity contribution is 0.0233. The molecule has 4 aromatic carbocycles. The van der Waals surface area contributed by atoms with Crippen LogP contribution in [0, 0.1) is 5.82 Å². The van der Waals surface area contributed by atoms with Crippen LogP contribution in [0.3, 0.4) is 0 Å². The number of nitrogens with one attached hydrogen (secondary N) is 2. The molecule has 0 saturated carbocycles. The lowest BCUT2D eigenvalue weighted by Crippen LogP contribution is -2.24. The molecule has 0 radical (unpaired) electrons. The second-order valence-electron chi connectivity index (χ2n) is 7.67. The zero-order chi connectivity index (χ0) is 23.8. The summed E-state index contributed by atoms with van der Waals surface area (Å²) in [5.74, 6) is -0.834. The number of amides is 2. The fourth-order valence-electron chi connectivity index (χ4n) is 3.33. The predicted molar refractivity (Wildman–Crippen MR) is 128 cm³/mol. The van der Waals surface area contributed by atoms with Gasteiger partial charge in [0.1, 0.15) is 5.82 Å². The zero-order valence-electron chi connectivity index (χ0n) is 18.3. The number of rotatable bonds is 8. The van der Waals surface area contributed by atoms with Gasteiger partial charge in [0.25, 0.3) is 11.8 Å². The minimum atomic E-state index is -0.340. The third kappa shape index (κ3) is 6.15. The van der Waals surface area contributed by atoms with Crippen LogP contribution in [0.15, 0.2) is 103 Å². The standard InChI is InChI=1S/C28H23FN2O3/c29-26-16-14-23(15-17-26)22-10-12-24(13-11-22)27(32)30-18-20-6-8-25(9-7-20)28(33)31-34-19-21-4-2-1-3-5-21/h1-17H,18-19H2,(H,30,32)(H,31,33). The predicted octanol–water partition coefficient (Wildman–Crippen LogP) is 5.28. The van der Waals surface area contributed by atoms with Gasteiger partial charge in [-0.3, -0.25) is 14.4 Å². The highest BCUT2D eigenvalue weighted by Crippen LogP contribution is 2.20. The van der Waals surface area contributed by atoms with Crippen LogP contribution in [0.25, 0.3) is 11.1 Å². The van der Waals surface area contributed by atoms with Gasteiger partial charge in [0.15, 0.2) is 0 Å². The number of benzene rings is 4. The summed E-state index contributed by atoms with van der Waals surface area (Å²) >= 11 is 0. The molecule has 4 aromatic rings. The lowest BCUT2D eigenvalue weighted by atomic mass is 10.0. The molecule has 34 heavy (non-hydrogen) atoms. The summed E-state index contributed by atoms with van der Waals surface area (Å²) in [7, 11) is 0. The molecule has 0 fully saturated rings. The fourth-order valence-corrected chi connectivity index (χ4v) is 3.33. The largest absolute Gasteiger partial charge is 0.348 e. The van der Waals surface area contributed by atoms with E-state index in [0.717, 1.165) is 22.3 Å². The smallest absolute Gasteiger partial charge is 0.274 e. The summed E-state index contributed by atoms with van der Waals surface area (Å²) in [6.07, 6.45) is 0. The third-order valence-corrected chi connectivity index (χ3v) is 5.24. The topological polar surface area (TPSA) is 67.4 Å². The summed E-state index contributed by atoms with van der Waals surface area (Å²) in [4.78, 5) is 30.0. The minimum Gasteiger partial charge on any atom is -0.348 e. The normalized spacial score (nSPS) is 10.5. The SMILES string of the molecule is O=C(NCc1ccc(C(=O)NOCc2ccccc2)cc1)c1ccc(-c2ccc(F)cc2)cc1. The molecule has 5 nitrogen and oxygen atoms in total. The van der Waals surface area contributed by atoms with Crippen molar-refractivity contribution < 1.29 is 18.8 Å². The van der Waals surface area contributed by atoms with Crippen molar-refractivity contribution in [1.29, 1.82) is 0 Å². The Morgan fingerprint density at radius 1 is 0.647 bits per heavy atom. The first-order valence-corrected chi connectivity index (χ1v) is 10.8. The molecule has 0 aliphatic heterocycles. The van der Waals surface area contributed by atoms with E-state index >= 15 is 0 Å². The summed E-state index contributed by atoms with van der Waals surface area (Å²) in [6.45, 7) is 0.604. The Morgan fingerprint density at radius 2 is 1.21 bits per heavy atom. The maximum Gasteiger partial charge on any atom is 0.274 e. The van der Waals surface area contributed by atoms with Crippen LogP contribution in [0.4, 0.5) is 4.39 Å². The number of hydrogen-bond donors (Lipinski definition) is 2. The van der Waals surface area contributed by atoms with E-state index in [9.17, 15) is 14.0 Å². The van der Waals surface area contributed by atoms with Crippen LogP contribution in [-0.2, 0) is 18.0 Å². The quantitative estimate of drug-likeness (QED) is 0.356. The van der Waals surface area contributed by atoms with Gasteiger partial charge in [0.2, 0.25) is 0 Å². The van der Waals surface area contributed by atoms with Crippen molar-refractivity contribution in [3.05, 3.63) is 131 Å². The summed E-state index contributed by atoms with van der Waals surface area (Å²) < 4.78 is 13.1. The molecule has 0 heterocycles. The maximum atomic E-state index is 13.1. The molecule has 6 heteroatoms. The molecule has 170 valence electrons. The van der Waals surface area contributed by atoms with Crippen LogP contribution in [0.1, 0.15) is 31.8 Å². The molecule has 4 rings (SSSR count).